The van der Waals surface area contributed by atoms with Crippen LogP contribution in [-0.2, 0) is 19.1 Å². The van der Waals surface area contributed by atoms with Gasteiger partial charge in [-0.2, -0.15) is 0 Å². The molecule has 1 unspecified atom stereocenters. The number of hydrogen-bond acceptors (Lipinski definition) is 5. The Balaban J connectivity index is 1.34. The summed E-state index contributed by atoms with van der Waals surface area (Å²) in [4.78, 5) is 36.8. The first-order valence-electron chi connectivity index (χ1n) is 11.6. The van der Waals surface area contributed by atoms with Gasteiger partial charge in [-0.1, -0.05) is 55.0 Å². The van der Waals surface area contributed by atoms with E-state index in [1.807, 2.05) is 36.4 Å². The van der Waals surface area contributed by atoms with Crippen molar-refractivity contribution in [3.63, 3.8) is 0 Å². The molecule has 3 N–H and O–H groups in total. The molecule has 0 saturated heterocycles. The van der Waals surface area contributed by atoms with E-state index < -0.39 is 29.9 Å². The van der Waals surface area contributed by atoms with Gasteiger partial charge in [0.25, 0.3) is 0 Å². The van der Waals surface area contributed by atoms with Gasteiger partial charge < -0.3 is 25.2 Å². The summed E-state index contributed by atoms with van der Waals surface area (Å²) >= 11 is 0. The number of methoxy groups -OCH3 is 1. The van der Waals surface area contributed by atoms with Crippen molar-refractivity contribution in [3.05, 3.63) is 59.7 Å². The Hall–Kier alpha value is -3.39. The molecule has 1 fully saturated rings. The zero-order valence-corrected chi connectivity index (χ0v) is 19.2. The van der Waals surface area contributed by atoms with Crippen molar-refractivity contribution < 1.29 is 29.0 Å². The van der Waals surface area contributed by atoms with E-state index in [1.165, 1.54) is 7.11 Å². The van der Waals surface area contributed by atoms with Crippen molar-refractivity contribution in [2.45, 2.75) is 31.2 Å². The summed E-state index contributed by atoms with van der Waals surface area (Å²) < 4.78 is 10.6. The van der Waals surface area contributed by atoms with Crippen LogP contribution < -0.4 is 10.6 Å². The minimum absolute atomic E-state index is 0.0193. The molecule has 2 amide bonds. The fraction of sp³-hybridized carbons (Fsp3) is 0.423. The highest BCUT2D eigenvalue weighted by atomic mass is 16.5. The predicted molar refractivity (Wildman–Crippen MR) is 125 cm³/mol. The summed E-state index contributed by atoms with van der Waals surface area (Å²) in [7, 11) is 1.42. The summed E-state index contributed by atoms with van der Waals surface area (Å²) in [5.74, 6) is -2.06. The fourth-order valence-corrected chi connectivity index (χ4v) is 4.76. The molecule has 180 valence electrons. The molecule has 0 spiro atoms. The average Bonchev–Trinajstić information content (AvgIpc) is 3.12. The van der Waals surface area contributed by atoms with Gasteiger partial charge in [0, 0.05) is 19.6 Å². The fourth-order valence-electron chi connectivity index (χ4n) is 4.76. The SMILES string of the molecule is COC[C@H](NC(=O)OCC1c2ccccc2-c2ccccc21)C(=O)NCC(C(=O)O)C1CCC1. The zero-order chi connectivity index (χ0) is 24.1. The van der Waals surface area contributed by atoms with E-state index in [4.69, 9.17) is 9.47 Å². The van der Waals surface area contributed by atoms with Crippen LogP contribution in [0.25, 0.3) is 11.1 Å². The molecule has 2 aliphatic carbocycles. The third-order valence-corrected chi connectivity index (χ3v) is 6.82. The van der Waals surface area contributed by atoms with Crippen LogP contribution in [0.1, 0.15) is 36.3 Å². The smallest absolute Gasteiger partial charge is 0.407 e. The highest BCUT2D eigenvalue weighted by Gasteiger charge is 2.34. The van der Waals surface area contributed by atoms with Gasteiger partial charge in [0.1, 0.15) is 12.6 Å². The number of hydrogen-bond donors (Lipinski definition) is 3. The Bertz CT molecular complexity index is 1010. The summed E-state index contributed by atoms with van der Waals surface area (Å²) in [6.45, 7) is 0.0898. The highest BCUT2D eigenvalue weighted by Crippen LogP contribution is 2.44. The Kier molecular flexibility index (Phi) is 7.47. The van der Waals surface area contributed by atoms with Crippen LogP contribution in [-0.4, -0.2) is 56.0 Å². The van der Waals surface area contributed by atoms with Crippen LogP contribution >= 0.6 is 0 Å². The molecule has 8 heteroatoms. The Labute approximate surface area is 198 Å². The van der Waals surface area contributed by atoms with Gasteiger partial charge in [-0.15, -0.1) is 0 Å². The number of rotatable bonds is 10. The topological polar surface area (TPSA) is 114 Å². The summed E-state index contributed by atoms with van der Waals surface area (Å²) in [5, 5.41) is 14.7. The van der Waals surface area contributed by atoms with Gasteiger partial charge in [0.15, 0.2) is 0 Å². The van der Waals surface area contributed by atoms with Crippen molar-refractivity contribution in [3.8, 4) is 11.1 Å². The number of nitrogens with one attached hydrogen (secondary N) is 2. The van der Waals surface area contributed by atoms with Crippen LogP contribution in [0.2, 0.25) is 0 Å². The van der Waals surface area contributed by atoms with Crippen LogP contribution in [0.3, 0.4) is 0 Å². The molecule has 34 heavy (non-hydrogen) atoms. The Morgan fingerprint density at radius 1 is 1.03 bits per heavy atom. The second-order valence-corrected chi connectivity index (χ2v) is 8.86. The number of ether oxygens (including phenoxy) is 2. The second-order valence-electron chi connectivity index (χ2n) is 8.86. The lowest BCUT2D eigenvalue weighted by Gasteiger charge is -2.31. The van der Waals surface area contributed by atoms with Crippen molar-refractivity contribution >= 4 is 18.0 Å². The minimum atomic E-state index is -0.989. The molecule has 2 aromatic rings. The molecule has 2 atom stereocenters. The zero-order valence-electron chi connectivity index (χ0n) is 19.2. The van der Waals surface area contributed by atoms with Gasteiger partial charge >= 0.3 is 12.1 Å². The molecule has 8 nitrogen and oxygen atoms in total. The van der Waals surface area contributed by atoms with E-state index >= 15 is 0 Å². The monoisotopic (exact) mass is 466 g/mol. The number of carbonyl (C=O) groups is 3. The molecule has 0 radical (unpaired) electrons. The molecule has 4 rings (SSSR count). The standard InChI is InChI=1S/C26H30N2O6/c1-33-15-23(24(29)27-13-21(25(30)31)16-7-6-8-16)28-26(32)34-14-22-19-11-4-2-9-17(19)18-10-3-5-12-20(18)22/h2-5,9-12,16,21-23H,6-8,13-15H2,1H3,(H,27,29)(H,28,32)(H,30,31)/t21?,23-/m0/s1. The van der Waals surface area contributed by atoms with E-state index in [1.54, 1.807) is 0 Å². The van der Waals surface area contributed by atoms with Crippen molar-refractivity contribution in [2.24, 2.45) is 11.8 Å². The maximum absolute atomic E-state index is 12.7. The number of carbonyl (C=O) groups excluding carboxylic acids is 2. The number of alkyl carbamates (subject to hydrolysis) is 1. The number of carboxylic acid groups (broad SMARTS) is 1. The normalized spacial score (nSPS) is 16.5. The van der Waals surface area contributed by atoms with Crippen LogP contribution in [0.5, 0.6) is 0 Å². The summed E-state index contributed by atoms with van der Waals surface area (Å²) in [6, 6.07) is 15.1. The molecule has 0 aliphatic heterocycles. The Morgan fingerprint density at radius 3 is 2.18 bits per heavy atom. The van der Waals surface area contributed by atoms with E-state index in [0.29, 0.717) is 0 Å². The van der Waals surface area contributed by atoms with Crippen LogP contribution in [0.15, 0.2) is 48.5 Å². The quantitative estimate of drug-likeness (QED) is 0.496. The van der Waals surface area contributed by atoms with Crippen molar-refractivity contribution in [2.75, 3.05) is 26.9 Å². The van der Waals surface area contributed by atoms with Gasteiger partial charge in [0.2, 0.25) is 5.91 Å². The second kappa shape index (κ2) is 10.7. The third kappa shape index (κ3) is 5.07. The number of benzene rings is 2. The van der Waals surface area contributed by atoms with E-state index in [0.717, 1.165) is 41.5 Å². The number of fused-ring (bicyclic) bond motifs is 3. The molecule has 2 aromatic carbocycles. The lowest BCUT2D eigenvalue weighted by atomic mass is 9.76. The van der Waals surface area contributed by atoms with Gasteiger partial charge in [0.05, 0.1) is 12.5 Å². The van der Waals surface area contributed by atoms with Gasteiger partial charge in [-0.05, 0) is 41.0 Å². The van der Waals surface area contributed by atoms with Crippen LogP contribution in [0.4, 0.5) is 4.79 Å². The molecule has 0 heterocycles. The molecular weight excluding hydrogens is 436 g/mol. The first-order chi connectivity index (χ1) is 16.5. The third-order valence-electron chi connectivity index (χ3n) is 6.82. The molecular formula is C26H30N2O6. The maximum atomic E-state index is 12.7. The van der Waals surface area contributed by atoms with Crippen molar-refractivity contribution in [1.29, 1.82) is 0 Å². The maximum Gasteiger partial charge on any atom is 0.407 e. The van der Waals surface area contributed by atoms with Gasteiger partial charge in [-0.3, -0.25) is 9.59 Å². The van der Waals surface area contributed by atoms with E-state index in [9.17, 15) is 19.5 Å². The lowest BCUT2D eigenvalue weighted by Crippen LogP contribution is -2.51. The van der Waals surface area contributed by atoms with Crippen molar-refractivity contribution in [1.82, 2.24) is 10.6 Å². The van der Waals surface area contributed by atoms with Gasteiger partial charge in [-0.25, -0.2) is 4.79 Å². The molecule has 1 saturated carbocycles. The van der Waals surface area contributed by atoms with E-state index in [2.05, 4.69) is 22.8 Å². The summed E-state index contributed by atoms with van der Waals surface area (Å²) in [6.07, 6.45) is 1.99. The van der Waals surface area contributed by atoms with Crippen LogP contribution in [0, 0.1) is 11.8 Å². The minimum Gasteiger partial charge on any atom is -0.481 e. The number of carboxylic acids is 1. The van der Waals surface area contributed by atoms with E-state index in [-0.39, 0.29) is 31.6 Å². The summed E-state index contributed by atoms with van der Waals surface area (Å²) in [5.41, 5.74) is 4.45. The largest absolute Gasteiger partial charge is 0.481 e. The number of amides is 2. The average molecular weight is 467 g/mol. The predicted octanol–water partition coefficient (Wildman–Crippen LogP) is 3.16. The highest BCUT2D eigenvalue weighted by molar-refractivity contribution is 5.86. The molecule has 0 bridgehead atoms. The molecule has 2 aliphatic rings. The molecule has 0 aromatic heterocycles. The lowest BCUT2D eigenvalue weighted by molar-refractivity contribution is -0.145. The Morgan fingerprint density at radius 2 is 1.65 bits per heavy atom. The first-order valence-corrected chi connectivity index (χ1v) is 11.6. The number of aliphatic carboxylic acids is 1. The first kappa shape index (κ1) is 23.8.